The quantitative estimate of drug-likeness (QED) is 0.795. The minimum atomic E-state index is -4.82. The number of carbonyl (C=O) groups is 1. The molecule has 0 bridgehead atoms. The van der Waals surface area contributed by atoms with E-state index >= 15 is 0 Å². The van der Waals surface area contributed by atoms with Crippen LogP contribution in [0.1, 0.15) is 56.0 Å². The molecule has 0 aliphatic heterocycles. The Morgan fingerprint density at radius 3 is 2.05 bits per heavy atom. The van der Waals surface area contributed by atoms with E-state index in [0.29, 0.717) is 25.3 Å². The first-order chi connectivity index (χ1) is 9.70. The summed E-state index contributed by atoms with van der Waals surface area (Å²) in [5.74, 6) is -2.34. The van der Waals surface area contributed by atoms with Gasteiger partial charge in [0.05, 0.1) is 11.1 Å². The molecule has 0 saturated heterocycles. The lowest BCUT2D eigenvalue weighted by Gasteiger charge is -2.32. The molecule has 1 aromatic carbocycles. The fraction of sp³-hybridized carbons (Fsp3) is 0.533. The Hall–Kier alpha value is -1.59. The number of hydrogen-bond acceptors (Lipinski definition) is 1. The van der Waals surface area contributed by atoms with Gasteiger partial charge >= 0.3 is 6.18 Å². The van der Waals surface area contributed by atoms with Crippen molar-refractivity contribution in [1.29, 1.82) is 0 Å². The summed E-state index contributed by atoms with van der Waals surface area (Å²) in [7, 11) is 0. The molecule has 0 atom stereocenters. The van der Waals surface area contributed by atoms with Crippen molar-refractivity contribution in [2.75, 3.05) is 0 Å². The van der Waals surface area contributed by atoms with Crippen LogP contribution >= 0.6 is 0 Å². The Labute approximate surface area is 121 Å². The van der Waals surface area contributed by atoms with Gasteiger partial charge in [0.2, 0.25) is 0 Å². The molecular weight excluding hydrogens is 286 g/mol. The standard InChI is InChI=1S/C15H19F4NO/c1-4-14(5-2,6-3)20-13(21)10-8-7-9-11(12(10)16)15(17,18)19/h7-9H,4-6H2,1-3H3,(H,20,21). The summed E-state index contributed by atoms with van der Waals surface area (Å²) in [6, 6.07) is 2.72. The number of rotatable bonds is 5. The summed E-state index contributed by atoms with van der Waals surface area (Å²) in [6.07, 6.45) is -2.97. The molecule has 0 aromatic heterocycles. The van der Waals surface area contributed by atoms with E-state index in [2.05, 4.69) is 5.32 Å². The smallest absolute Gasteiger partial charge is 0.347 e. The first-order valence-corrected chi connectivity index (χ1v) is 6.89. The van der Waals surface area contributed by atoms with Gasteiger partial charge in [-0.25, -0.2) is 4.39 Å². The Kier molecular flexibility index (Phi) is 5.36. The van der Waals surface area contributed by atoms with E-state index in [0.717, 1.165) is 12.1 Å². The molecule has 2 nitrogen and oxygen atoms in total. The Balaban J connectivity index is 3.15. The summed E-state index contributed by atoms with van der Waals surface area (Å²) < 4.78 is 51.9. The normalized spacial score (nSPS) is 12.3. The largest absolute Gasteiger partial charge is 0.419 e. The van der Waals surface area contributed by atoms with Gasteiger partial charge in [0, 0.05) is 5.54 Å². The third-order valence-corrected chi connectivity index (χ3v) is 3.96. The number of hydrogen-bond donors (Lipinski definition) is 1. The predicted molar refractivity (Wildman–Crippen MR) is 72.5 cm³/mol. The van der Waals surface area contributed by atoms with E-state index in [1.807, 2.05) is 20.8 Å². The van der Waals surface area contributed by atoms with Crippen LogP contribution in [0.2, 0.25) is 0 Å². The molecule has 0 fully saturated rings. The first kappa shape index (κ1) is 17.5. The lowest BCUT2D eigenvalue weighted by atomic mass is 9.89. The highest BCUT2D eigenvalue weighted by Gasteiger charge is 2.36. The number of amides is 1. The average Bonchev–Trinajstić information content (AvgIpc) is 2.43. The van der Waals surface area contributed by atoms with Crippen LogP contribution in [0.3, 0.4) is 0 Å². The Morgan fingerprint density at radius 1 is 1.10 bits per heavy atom. The SMILES string of the molecule is CCC(CC)(CC)NC(=O)c1cccc(C(F)(F)F)c1F. The zero-order valence-electron chi connectivity index (χ0n) is 12.3. The van der Waals surface area contributed by atoms with Crippen LogP contribution in [0.5, 0.6) is 0 Å². The van der Waals surface area contributed by atoms with Crippen molar-refractivity contribution < 1.29 is 22.4 Å². The highest BCUT2D eigenvalue weighted by atomic mass is 19.4. The van der Waals surface area contributed by atoms with Crippen molar-refractivity contribution in [3.8, 4) is 0 Å². The summed E-state index contributed by atoms with van der Waals surface area (Å²) in [5.41, 5.74) is -2.53. The van der Waals surface area contributed by atoms with Gasteiger partial charge in [0.15, 0.2) is 0 Å². The van der Waals surface area contributed by atoms with E-state index in [4.69, 9.17) is 0 Å². The van der Waals surface area contributed by atoms with Crippen LogP contribution in [-0.2, 0) is 6.18 Å². The topological polar surface area (TPSA) is 29.1 Å². The lowest BCUT2D eigenvalue weighted by molar-refractivity contribution is -0.140. The van der Waals surface area contributed by atoms with E-state index in [1.54, 1.807) is 0 Å². The summed E-state index contributed by atoms with van der Waals surface area (Å²) in [4.78, 5) is 12.1. The van der Waals surface area contributed by atoms with Gasteiger partial charge < -0.3 is 5.32 Å². The molecule has 1 aromatic rings. The van der Waals surface area contributed by atoms with Crippen LogP contribution in [0.15, 0.2) is 18.2 Å². The Bertz CT molecular complexity index is 499. The molecule has 118 valence electrons. The van der Waals surface area contributed by atoms with Crippen molar-refractivity contribution in [3.63, 3.8) is 0 Å². The number of halogens is 4. The first-order valence-electron chi connectivity index (χ1n) is 6.89. The van der Waals surface area contributed by atoms with Crippen LogP contribution in [0.25, 0.3) is 0 Å². The third kappa shape index (κ3) is 3.74. The molecule has 0 unspecified atom stereocenters. The van der Waals surface area contributed by atoms with Gasteiger partial charge in [-0.15, -0.1) is 0 Å². The molecule has 0 spiro atoms. The fourth-order valence-electron chi connectivity index (χ4n) is 2.25. The van der Waals surface area contributed by atoms with Gasteiger partial charge in [0.1, 0.15) is 5.82 Å². The van der Waals surface area contributed by atoms with Crippen LogP contribution in [-0.4, -0.2) is 11.4 Å². The van der Waals surface area contributed by atoms with Crippen molar-refractivity contribution in [2.24, 2.45) is 0 Å². The minimum Gasteiger partial charge on any atom is -0.347 e. The lowest BCUT2D eigenvalue weighted by Crippen LogP contribution is -2.47. The summed E-state index contributed by atoms with van der Waals surface area (Å²) in [5, 5.41) is 2.67. The second-order valence-electron chi connectivity index (χ2n) is 4.96. The molecule has 0 radical (unpaired) electrons. The van der Waals surface area contributed by atoms with E-state index in [1.165, 1.54) is 0 Å². The van der Waals surface area contributed by atoms with Gasteiger partial charge in [-0.1, -0.05) is 26.8 Å². The van der Waals surface area contributed by atoms with Crippen LogP contribution < -0.4 is 5.32 Å². The monoisotopic (exact) mass is 305 g/mol. The second-order valence-corrected chi connectivity index (χ2v) is 4.96. The maximum absolute atomic E-state index is 13.9. The number of alkyl halides is 3. The molecular formula is C15H19F4NO. The highest BCUT2D eigenvalue weighted by Crippen LogP contribution is 2.32. The Morgan fingerprint density at radius 2 is 1.62 bits per heavy atom. The van der Waals surface area contributed by atoms with Gasteiger partial charge in [0.25, 0.3) is 5.91 Å². The van der Waals surface area contributed by atoms with Crippen molar-refractivity contribution in [2.45, 2.75) is 51.7 Å². The summed E-state index contributed by atoms with van der Waals surface area (Å²) >= 11 is 0. The van der Waals surface area contributed by atoms with Crippen molar-refractivity contribution >= 4 is 5.91 Å². The van der Waals surface area contributed by atoms with E-state index in [-0.39, 0.29) is 0 Å². The second kappa shape index (κ2) is 6.45. The fourth-order valence-corrected chi connectivity index (χ4v) is 2.25. The maximum Gasteiger partial charge on any atom is 0.419 e. The predicted octanol–water partition coefficient (Wildman–Crippen LogP) is 4.54. The molecule has 1 amide bonds. The third-order valence-electron chi connectivity index (χ3n) is 3.96. The van der Waals surface area contributed by atoms with Crippen molar-refractivity contribution in [1.82, 2.24) is 5.32 Å². The minimum absolute atomic E-state index is 0.530. The number of nitrogens with one attached hydrogen (secondary N) is 1. The van der Waals surface area contributed by atoms with Gasteiger partial charge in [-0.3, -0.25) is 4.79 Å². The van der Waals surface area contributed by atoms with Crippen LogP contribution in [0, 0.1) is 5.82 Å². The summed E-state index contributed by atoms with van der Waals surface area (Å²) in [6.45, 7) is 5.61. The molecule has 0 saturated carbocycles. The number of benzene rings is 1. The van der Waals surface area contributed by atoms with E-state index < -0.39 is 34.6 Å². The molecule has 0 aliphatic rings. The van der Waals surface area contributed by atoms with Gasteiger partial charge in [-0.2, -0.15) is 13.2 Å². The maximum atomic E-state index is 13.9. The molecule has 0 aliphatic carbocycles. The average molecular weight is 305 g/mol. The molecule has 6 heteroatoms. The highest BCUT2D eigenvalue weighted by molar-refractivity contribution is 5.95. The molecule has 0 heterocycles. The molecule has 1 rings (SSSR count). The van der Waals surface area contributed by atoms with E-state index in [9.17, 15) is 22.4 Å². The van der Waals surface area contributed by atoms with Crippen molar-refractivity contribution in [3.05, 3.63) is 35.1 Å². The molecule has 1 N–H and O–H groups in total. The van der Waals surface area contributed by atoms with Crippen LogP contribution in [0.4, 0.5) is 17.6 Å². The number of carbonyl (C=O) groups excluding carboxylic acids is 1. The zero-order chi connectivity index (χ0) is 16.3. The zero-order valence-corrected chi connectivity index (χ0v) is 12.3. The molecule has 21 heavy (non-hydrogen) atoms. The van der Waals surface area contributed by atoms with Gasteiger partial charge in [-0.05, 0) is 31.4 Å².